The molecule has 1 aromatic rings. The smallest absolute Gasteiger partial charge is 0.161 e. The summed E-state index contributed by atoms with van der Waals surface area (Å²) in [7, 11) is 0. The average Bonchev–Trinajstić information content (AvgIpc) is 2.38. The third-order valence-electron chi connectivity index (χ3n) is 3.00. The summed E-state index contributed by atoms with van der Waals surface area (Å²) in [5.74, 6) is -2.88. The molecule has 0 radical (unpaired) electrons. The fraction of sp³-hybridized carbons (Fsp3) is 0.571. The predicted molar refractivity (Wildman–Crippen MR) is 70.4 cm³/mol. The fourth-order valence-electron chi connectivity index (χ4n) is 1.90. The maximum atomic E-state index is 13.3. The van der Waals surface area contributed by atoms with Crippen LogP contribution in [0.3, 0.4) is 0 Å². The number of rotatable bonds is 8. The van der Waals surface area contributed by atoms with Crippen LogP contribution in [0.1, 0.15) is 25.8 Å². The molecule has 2 nitrogen and oxygen atoms in total. The molecule has 0 fully saturated rings. The van der Waals surface area contributed by atoms with Crippen LogP contribution in [-0.4, -0.2) is 31.1 Å². The van der Waals surface area contributed by atoms with Gasteiger partial charge in [-0.2, -0.15) is 0 Å². The Bertz CT molecular complexity index is 397. The number of likely N-dealkylation sites (N-methyl/N-ethyl adjacent to an activating group) is 1. The van der Waals surface area contributed by atoms with Gasteiger partial charge in [-0.25, -0.2) is 13.2 Å². The molecular weight excluding hydrogens is 253 g/mol. The van der Waals surface area contributed by atoms with Gasteiger partial charge in [0.2, 0.25) is 0 Å². The van der Waals surface area contributed by atoms with E-state index in [-0.39, 0.29) is 12.1 Å². The molecule has 0 aliphatic rings. The van der Waals surface area contributed by atoms with Gasteiger partial charge in [-0.3, -0.25) is 0 Å². The van der Waals surface area contributed by atoms with Crippen molar-refractivity contribution in [2.24, 2.45) is 0 Å². The lowest BCUT2D eigenvalue weighted by Gasteiger charge is -2.19. The summed E-state index contributed by atoms with van der Waals surface area (Å²) in [6, 6.07) is 1.49. The van der Waals surface area contributed by atoms with Gasteiger partial charge in [0.1, 0.15) is 5.82 Å². The van der Waals surface area contributed by atoms with Crippen LogP contribution in [-0.2, 0) is 6.54 Å². The quantitative estimate of drug-likeness (QED) is 0.579. The molecule has 0 aliphatic heterocycles. The van der Waals surface area contributed by atoms with Gasteiger partial charge in [0.15, 0.2) is 11.6 Å². The maximum absolute atomic E-state index is 13.3. The second kappa shape index (κ2) is 8.17. The Kier molecular flexibility index (Phi) is 6.87. The van der Waals surface area contributed by atoms with Gasteiger partial charge in [0, 0.05) is 31.3 Å². The topological polar surface area (TPSA) is 15.3 Å². The minimum absolute atomic E-state index is 0.150. The Balaban J connectivity index is 2.39. The minimum atomic E-state index is -1.15. The number of hydrogen-bond donors (Lipinski definition) is 1. The Morgan fingerprint density at radius 1 is 1.00 bits per heavy atom. The third kappa shape index (κ3) is 5.20. The van der Waals surface area contributed by atoms with E-state index in [4.69, 9.17) is 0 Å². The lowest BCUT2D eigenvalue weighted by molar-refractivity contribution is 0.287. The van der Waals surface area contributed by atoms with Crippen LogP contribution in [0.4, 0.5) is 13.2 Å². The molecule has 1 rings (SSSR count). The molecular formula is C14H21F3N2. The standard InChI is InChI=1S/C14H21F3N2/c1-3-6-19(4-2)7-5-18-10-11-8-13(16)14(17)9-12(11)15/h8-9,18H,3-7,10H2,1-2H3. The second-order valence-corrected chi connectivity index (χ2v) is 4.47. The largest absolute Gasteiger partial charge is 0.311 e. The van der Waals surface area contributed by atoms with Crippen molar-refractivity contribution in [3.63, 3.8) is 0 Å². The molecule has 0 unspecified atom stereocenters. The predicted octanol–water partition coefficient (Wildman–Crippen LogP) is 2.93. The normalized spacial score (nSPS) is 11.3. The molecule has 1 N–H and O–H groups in total. The molecule has 108 valence electrons. The molecule has 0 bridgehead atoms. The highest BCUT2D eigenvalue weighted by atomic mass is 19.2. The summed E-state index contributed by atoms with van der Waals surface area (Å²) >= 11 is 0. The van der Waals surface area contributed by atoms with Crippen LogP contribution in [0.15, 0.2) is 12.1 Å². The van der Waals surface area contributed by atoms with Crippen molar-refractivity contribution in [3.05, 3.63) is 35.1 Å². The van der Waals surface area contributed by atoms with E-state index in [0.29, 0.717) is 12.6 Å². The zero-order valence-electron chi connectivity index (χ0n) is 11.5. The maximum Gasteiger partial charge on any atom is 0.161 e. The summed E-state index contributed by atoms with van der Waals surface area (Å²) in [5, 5.41) is 3.04. The van der Waals surface area contributed by atoms with Crippen LogP contribution in [0.5, 0.6) is 0 Å². The number of halogens is 3. The van der Waals surface area contributed by atoms with Crippen molar-refractivity contribution in [2.75, 3.05) is 26.2 Å². The van der Waals surface area contributed by atoms with E-state index in [1.54, 1.807) is 0 Å². The van der Waals surface area contributed by atoms with Gasteiger partial charge in [-0.05, 0) is 25.6 Å². The molecule has 0 aliphatic carbocycles. The van der Waals surface area contributed by atoms with Crippen molar-refractivity contribution in [3.8, 4) is 0 Å². The van der Waals surface area contributed by atoms with E-state index in [0.717, 1.165) is 32.1 Å². The molecule has 5 heteroatoms. The molecule has 1 aromatic carbocycles. The zero-order valence-corrected chi connectivity index (χ0v) is 11.5. The van der Waals surface area contributed by atoms with E-state index >= 15 is 0 Å². The SMILES string of the molecule is CCCN(CC)CCNCc1cc(F)c(F)cc1F. The molecule has 0 saturated heterocycles. The lowest BCUT2D eigenvalue weighted by atomic mass is 10.2. The summed E-state index contributed by atoms with van der Waals surface area (Å²) in [6.07, 6.45) is 1.09. The molecule has 0 saturated carbocycles. The van der Waals surface area contributed by atoms with Gasteiger partial charge in [0.25, 0.3) is 0 Å². The molecule has 19 heavy (non-hydrogen) atoms. The number of nitrogens with zero attached hydrogens (tertiary/aromatic N) is 1. The van der Waals surface area contributed by atoms with Crippen LogP contribution < -0.4 is 5.32 Å². The first-order valence-corrected chi connectivity index (χ1v) is 6.65. The molecule has 0 spiro atoms. The summed E-state index contributed by atoms with van der Waals surface area (Å²) < 4.78 is 39.1. The zero-order chi connectivity index (χ0) is 14.3. The average molecular weight is 274 g/mol. The molecule has 0 aromatic heterocycles. The van der Waals surface area contributed by atoms with Crippen molar-refractivity contribution in [2.45, 2.75) is 26.8 Å². The molecule has 0 heterocycles. The van der Waals surface area contributed by atoms with Crippen molar-refractivity contribution >= 4 is 0 Å². The van der Waals surface area contributed by atoms with Crippen LogP contribution >= 0.6 is 0 Å². The fourth-order valence-corrected chi connectivity index (χ4v) is 1.90. The lowest BCUT2D eigenvalue weighted by Crippen LogP contribution is -2.32. The highest BCUT2D eigenvalue weighted by Crippen LogP contribution is 2.13. The number of nitrogens with one attached hydrogen (secondary N) is 1. The van der Waals surface area contributed by atoms with Gasteiger partial charge in [0.05, 0.1) is 0 Å². The Morgan fingerprint density at radius 2 is 1.68 bits per heavy atom. The van der Waals surface area contributed by atoms with Crippen LogP contribution in [0.25, 0.3) is 0 Å². The van der Waals surface area contributed by atoms with Gasteiger partial charge < -0.3 is 10.2 Å². The summed E-state index contributed by atoms with van der Waals surface area (Å²) in [4.78, 5) is 2.27. The van der Waals surface area contributed by atoms with Crippen LogP contribution in [0, 0.1) is 17.5 Å². The monoisotopic (exact) mass is 274 g/mol. The minimum Gasteiger partial charge on any atom is -0.311 e. The first-order valence-electron chi connectivity index (χ1n) is 6.65. The Hall–Kier alpha value is -1.07. The van der Waals surface area contributed by atoms with Crippen molar-refractivity contribution < 1.29 is 13.2 Å². The first kappa shape index (κ1) is 16.0. The van der Waals surface area contributed by atoms with Gasteiger partial charge in [-0.15, -0.1) is 0 Å². The number of hydrogen-bond acceptors (Lipinski definition) is 2. The molecule has 0 amide bonds. The van der Waals surface area contributed by atoms with Crippen LogP contribution in [0.2, 0.25) is 0 Å². The Morgan fingerprint density at radius 3 is 2.32 bits per heavy atom. The summed E-state index contributed by atoms with van der Waals surface area (Å²) in [6.45, 7) is 7.94. The van der Waals surface area contributed by atoms with Gasteiger partial charge in [-0.1, -0.05) is 13.8 Å². The summed E-state index contributed by atoms with van der Waals surface area (Å²) in [5.41, 5.74) is 0.150. The highest BCUT2D eigenvalue weighted by molar-refractivity contribution is 5.19. The van der Waals surface area contributed by atoms with E-state index in [1.165, 1.54) is 0 Å². The van der Waals surface area contributed by atoms with E-state index in [1.807, 2.05) is 0 Å². The first-order chi connectivity index (χ1) is 9.08. The second-order valence-electron chi connectivity index (χ2n) is 4.47. The molecule has 0 atom stereocenters. The number of benzene rings is 1. The van der Waals surface area contributed by atoms with E-state index in [2.05, 4.69) is 24.1 Å². The van der Waals surface area contributed by atoms with Crippen molar-refractivity contribution in [1.29, 1.82) is 0 Å². The van der Waals surface area contributed by atoms with Crippen molar-refractivity contribution in [1.82, 2.24) is 10.2 Å². The highest BCUT2D eigenvalue weighted by Gasteiger charge is 2.09. The van der Waals surface area contributed by atoms with Gasteiger partial charge >= 0.3 is 0 Å². The third-order valence-corrected chi connectivity index (χ3v) is 3.00. The van der Waals surface area contributed by atoms with E-state index < -0.39 is 17.5 Å². The Labute approximate surface area is 112 Å². The van der Waals surface area contributed by atoms with E-state index in [9.17, 15) is 13.2 Å².